The summed E-state index contributed by atoms with van der Waals surface area (Å²) < 4.78 is 13.3. The van der Waals surface area contributed by atoms with E-state index in [0.717, 1.165) is 73.4 Å². The number of furan rings is 1. The number of rotatable bonds is 4. The number of allylic oxidation sites excluding steroid dienone is 2. The molecule has 2 aliphatic heterocycles. The van der Waals surface area contributed by atoms with E-state index in [1.54, 1.807) is 0 Å². The fraction of sp³-hybridized carbons (Fsp3) is 0.0444. The molecule has 0 saturated heterocycles. The van der Waals surface area contributed by atoms with Gasteiger partial charge in [-0.25, -0.2) is 15.0 Å². The lowest BCUT2D eigenvalue weighted by Crippen LogP contribution is -2.23. The minimum absolute atomic E-state index is 0.125. The second kappa shape index (κ2) is 10.9. The fourth-order valence-electron chi connectivity index (χ4n) is 7.87. The van der Waals surface area contributed by atoms with E-state index in [4.69, 9.17) is 24.1 Å². The third-order valence-electron chi connectivity index (χ3n) is 10.2. The Morgan fingerprint density at radius 2 is 1.20 bits per heavy atom. The van der Waals surface area contributed by atoms with Gasteiger partial charge in [0.2, 0.25) is 0 Å². The van der Waals surface area contributed by atoms with Crippen LogP contribution in [0.4, 0.5) is 11.4 Å². The molecule has 1 unspecified atom stereocenters. The van der Waals surface area contributed by atoms with Crippen LogP contribution in [-0.4, -0.2) is 15.0 Å². The number of benzene rings is 6. The van der Waals surface area contributed by atoms with Crippen molar-refractivity contribution in [3.63, 3.8) is 0 Å². The molecule has 51 heavy (non-hydrogen) atoms. The highest BCUT2D eigenvalue weighted by Gasteiger charge is 2.41. The van der Waals surface area contributed by atoms with Crippen LogP contribution in [0.15, 0.2) is 168 Å². The Labute approximate surface area is 293 Å². The zero-order valence-corrected chi connectivity index (χ0v) is 27.3. The molecule has 11 rings (SSSR count). The average Bonchev–Trinajstić information content (AvgIpc) is 3.75. The lowest BCUT2D eigenvalue weighted by Gasteiger charge is -2.33. The van der Waals surface area contributed by atoms with Gasteiger partial charge in [-0.3, -0.25) is 0 Å². The van der Waals surface area contributed by atoms with Crippen molar-refractivity contribution in [2.45, 2.75) is 12.3 Å². The number of nitrogens with zero attached hydrogens (tertiary/aromatic N) is 4. The van der Waals surface area contributed by atoms with Gasteiger partial charge in [0.25, 0.3) is 0 Å². The minimum Gasteiger partial charge on any atom is -0.457 e. The number of fused-ring (bicyclic) bond motifs is 8. The van der Waals surface area contributed by atoms with Crippen molar-refractivity contribution in [3.05, 3.63) is 169 Å². The maximum Gasteiger partial charge on any atom is 0.167 e. The zero-order chi connectivity index (χ0) is 33.5. The van der Waals surface area contributed by atoms with E-state index in [9.17, 15) is 0 Å². The summed E-state index contributed by atoms with van der Waals surface area (Å²) in [6.07, 6.45) is 5.33. The third-order valence-corrected chi connectivity index (χ3v) is 10.2. The number of ether oxygens (including phenoxy) is 1. The summed E-state index contributed by atoms with van der Waals surface area (Å²) in [5.41, 5.74) is 11.2. The largest absolute Gasteiger partial charge is 0.457 e. The predicted molar refractivity (Wildman–Crippen MR) is 202 cm³/mol. The van der Waals surface area contributed by atoms with Crippen molar-refractivity contribution >= 4 is 33.3 Å². The van der Waals surface area contributed by atoms with Gasteiger partial charge in [-0.1, -0.05) is 121 Å². The molecule has 240 valence electrons. The molecule has 0 bridgehead atoms. The Hall–Kier alpha value is -6.79. The number of hydrogen-bond acceptors (Lipinski definition) is 6. The van der Waals surface area contributed by atoms with E-state index in [-0.39, 0.29) is 5.92 Å². The number of anilines is 2. The third kappa shape index (κ3) is 4.26. The van der Waals surface area contributed by atoms with Gasteiger partial charge in [-0.05, 0) is 41.5 Å². The highest BCUT2D eigenvalue weighted by atomic mass is 16.5. The first kappa shape index (κ1) is 28.1. The molecule has 1 aliphatic carbocycles. The van der Waals surface area contributed by atoms with Crippen LogP contribution >= 0.6 is 0 Å². The molecule has 4 heterocycles. The van der Waals surface area contributed by atoms with E-state index >= 15 is 0 Å². The second-order valence-electron chi connectivity index (χ2n) is 13.1. The zero-order valence-electron chi connectivity index (χ0n) is 27.3. The van der Waals surface area contributed by atoms with Crippen molar-refractivity contribution < 1.29 is 9.15 Å². The standard InChI is InChI=1S/C45H28N4O2/c1-3-12-27(13-4-1)43-46-44(28-14-5-2-6-15-28)48-45(47-43)34-20-10-19-33-32-18-9-16-30(41(32)51-42(33)34)29-24-25-36-35(26-29)31-17-11-23-39-40(31)49(36)37-21-7-8-22-38(37)50-39/h1-22,24-26,31H,23H2. The van der Waals surface area contributed by atoms with E-state index in [1.165, 1.54) is 16.9 Å². The second-order valence-corrected chi connectivity index (χ2v) is 13.1. The van der Waals surface area contributed by atoms with Crippen LogP contribution in [0.1, 0.15) is 17.9 Å². The Morgan fingerprint density at radius 1 is 0.549 bits per heavy atom. The summed E-state index contributed by atoms with van der Waals surface area (Å²) in [5, 5.41) is 2.07. The van der Waals surface area contributed by atoms with Gasteiger partial charge in [0, 0.05) is 39.8 Å². The monoisotopic (exact) mass is 656 g/mol. The van der Waals surface area contributed by atoms with Crippen molar-refractivity contribution in [2.24, 2.45) is 0 Å². The number of hydrogen-bond donors (Lipinski definition) is 0. The fourth-order valence-corrected chi connectivity index (χ4v) is 7.87. The average molecular weight is 657 g/mol. The van der Waals surface area contributed by atoms with E-state index in [0.29, 0.717) is 17.5 Å². The molecular weight excluding hydrogens is 629 g/mol. The lowest BCUT2D eigenvalue weighted by molar-refractivity contribution is 0.394. The Bertz CT molecular complexity index is 2710. The molecule has 6 aromatic carbocycles. The summed E-state index contributed by atoms with van der Waals surface area (Å²) in [6, 6.07) is 47.8. The molecule has 0 fully saturated rings. The van der Waals surface area contributed by atoms with Crippen molar-refractivity contribution in [3.8, 4) is 51.0 Å². The van der Waals surface area contributed by atoms with Crippen LogP contribution in [0, 0.1) is 0 Å². The van der Waals surface area contributed by atoms with Gasteiger partial charge >= 0.3 is 0 Å². The van der Waals surface area contributed by atoms with Gasteiger partial charge in [0.15, 0.2) is 23.2 Å². The molecule has 0 amide bonds. The molecule has 0 saturated carbocycles. The van der Waals surface area contributed by atoms with Crippen LogP contribution in [0.3, 0.4) is 0 Å². The normalized spacial score (nSPS) is 15.5. The Balaban J connectivity index is 1.08. The van der Waals surface area contributed by atoms with Gasteiger partial charge < -0.3 is 14.1 Å². The van der Waals surface area contributed by atoms with Crippen LogP contribution < -0.4 is 9.64 Å². The van der Waals surface area contributed by atoms with Crippen molar-refractivity contribution in [1.82, 2.24) is 15.0 Å². The van der Waals surface area contributed by atoms with Crippen LogP contribution in [0.25, 0.3) is 67.2 Å². The maximum absolute atomic E-state index is 6.90. The smallest absolute Gasteiger partial charge is 0.167 e. The molecule has 3 aliphatic rings. The molecule has 0 radical (unpaired) electrons. The highest BCUT2D eigenvalue weighted by molar-refractivity contribution is 6.12. The van der Waals surface area contributed by atoms with Gasteiger partial charge in [0.1, 0.15) is 16.9 Å². The molecule has 2 aromatic heterocycles. The molecular formula is C45H28N4O2. The predicted octanol–water partition coefficient (Wildman–Crippen LogP) is 11.2. The maximum atomic E-state index is 6.90. The number of para-hydroxylation sites is 4. The van der Waals surface area contributed by atoms with Crippen molar-refractivity contribution in [1.29, 1.82) is 0 Å². The molecule has 0 N–H and O–H groups in total. The van der Waals surface area contributed by atoms with Crippen LogP contribution in [-0.2, 0) is 0 Å². The quantitative estimate of drug-likeness (QED) is 0.176. The number of aromatic nitrogens is 3. The van der Waals surface area contributed by atoms with E-state index in [1.807, 2.05) is 72.8 Å². The summed E-state index contributed by atoms with van der Waals surface area (Å²) >= 11 is 0. The molecule has 1 atom stereocenters. The van der Waals surface area contributed by atoms with E-state index in [2.05, 4.69) is 83.8 Å². The first-order valence-electron chi connectivity index (χ1n) is 17.2. The molecule has 6 heteroatoms. The summed E-state index contributed by atoms with van der Waals surface area (Å²) in [4.78, 5) is 17.3. The first-order valence-corrected chi connectivity index (χ1v) is 17.2. The molecule has 6 nitrogen and oxygen atoms in total. The summed E-state index contributed by atoms with van der Waals surface area (Å²) in [6.45, 7) is 0. The first-order chi connectivity index (χ1) is 25.3. The SMILES string of the molecule is C1=CC2C3=C(C1)Oc1ccccc1N3c1ccc(-c3cccc4c3oc3c(-c5nc(-c6ccccc6)nc(-c6ccccc6)n5)cccc34)cc12. The van der Waals surface area contributed by atoms with Gasteiger partial charge in [-0.2, -0.15) is 0 Å². The topological polar surface area (TPSA) is 64.3 Å². The minimum atomic E-state index is 0.125. The Morgan fingerprint density at radius 3 is 1.94 bits per heavy atom. The van der Waals surface area contributed by atoms with Crippen LogP contribution in [0.2, 0.25) is 0 Å². The molecule has 8 aromatic rings. The molecule has 0 spiro atoms. The van der Waals surface area contributed by atoms with E-state index < -0.39 is 0 Å². The summed E-state index contributed by atoms with van der Waals surface area (Å²) in [5.74, 6) is 3.85. The van der Waals surface area contributed by atoms with Gasteiger partial charge in [-0.15, -0.1) is 0 Å². The van der Waals surface area contributed by atoms with Crippen molar-refractivity contribution in [2.75, 3.05) is 4.90 Å². The Kier molecular flexibility index (Phi) is 5.98. The lowest BCUT2D eigenvalue weighted by atomic mass is 9.90. The van der Waals surface area contributed by atoms with Gasteiger partial charge in [0.05, 0.1) is 22.6 Å². The van der Waals surface area contributed by atoms with Crippen LogP contribution in [0.5, 0.6) is 5.75 Å². The summed E-state index contributed by atoms with van der Waals surface area (Å²) in [7, 11) is 0. The highest BCUT2D eigenvalue weighted by Crippen LogP contribution is 2.56.